The van der Waals surface area contributed by atoms with Crippen LogP contribution < -0.4 is 0 Å². The summed E-state index contributed by atoms with van der Waals surface area (Å²) in [4.78, 5) is 11.0. The van der Waals surface area contributed by atoms with Crippen molar-refractivity contribution in [3.63, 3.8) is 0 Å². The Bertz CT molecular complexity index is 320. The standard InChI is InChI=1S/C13H20F2O3/c1-4-12(7-5-6-8-12)17-9-13(14,15)18-11(16)10(2)3/h2,4-9H2,1,3H3. The molecule has 0 aromatic heterocycles. The third-order valence-electron chi connectivity index (χ3n) is 3.30. The molecular formula is C13H20F2O3. The van der Waals surface area contributed by atoms with Crippen LogP contribution in [0.1, 0.15) is 46.0 Å². The van der Waals surface area contributed by atoms with Crippen LogP contribution in [0.5, 0.6) is 0 Å². The molecule has 0 aliphatic heterocycles. The van der Waals surface area contributed by atoms with E-state index in [0.29, 0.717) is 6.42 Å². The molecule has 0 saturated heterocycles. The van der Waals surface area contributed by atoms with Gasteiger partial charge in [-0.3, -0.25) is 0 Å². The first-order valence-corrected chi connectivity index (χ1v) is 6.21. The Morgan fingerprint density at radius 1 is 1.39 bits per heavy atom. The van der Waals surface area contributed by atoms with Crippen LogP contribution in [-0.4, -0.2) is 24.3 Å². The molecule has 0 aromatic rings. The molecule has 1 aliphatic rings. The Labute approximate surface area is 106 Å². The number of ether oxygens (including phenoxy) is 2. The van der Waals surface area contributed by atoms with Crippen molar-refractivity contribution in [1.82, 2.24) is 0 Å². The molecule has 0 radical (unpaired) electrons. The Hall–Kier alpha value is -0.970. The second-order valence-corrected chi connectivity index (χ2v) is 4.84. The minimum Gasteiger partial charge on any atom is -0.396 e. The van der Waals surface area contributed by atoms with E-state index in [-0.39, 0.29) is 5.57 Å². The van der Waals surface area contributed by atoms with Crippen LogP contribution in [0.15, 0.2) is 12.2 Å². The van der Waals surface area contributed by atoms with E-state index in [1.54, 1.807) is 0 Å². The lowest BCUT2D eigenvalue weighted by Crippen LogP contribution is -2.37. The number of hydrogen-bond acceptors (Lipinski definition) is 3. The van der Waals surface area contributed by atoms with Gasteiger partial charge in [0.1, 0.15) is 0 Å². The van der Waals surface area contributed by atoms with Crippen molar-refractivity contribution >= 4 is 5.97 Å². The zero-order valence-electron chi connectivity index (χ0n) is 10.9. The maximum absolute atomic E-state index is 13.4. The van der Waals surface area contributed by atoms with Gasteiger partial charge in [-0.15, -0.1) is 0 Å². The zero-order chi connectivity index (χ0) is 13.8. The maximum atomic E-state index is 13.4. The Balaban J connectivity index is 2.50. The summed E-state index contributed by atoms with van der Waals surface area (Å²) in [6.45, 7) is 5.61. The van der Waals surface area contributed by atoms with Crippen molar-refractivity contribution in [3.05, 3.63) is 12.2 Å². The zero-order valence-corrected chi connectivity index (χ0v) is 10.9. The van der Waals surface area contributed by atoms with E-state index in [9.17, 15) is 13.6 Å². The molecule has 1 saturated carbocycles. The van der Waals surface area contributed by atoms with Crippen LogP contribution in [0.25, 0.3) is 0 Å². The number of alkyl halides is 2. The van der Waals surface area contributed by atoms with Gasteiger partial charge in [0, 0.05) is 5.57 Å². The van der Waals surface area contributed by atoms with E-state index >= 15 is 0 Å². The van der Waals surface area contributed by atoms with Crippen molar-refractivity contribution in [2.24, 2.45) is 0 Å². The quantitative estimate of drug-likeness (QED) is 0.543. The second kappa shape index (κ2) is 5.78. The molecule has 3 nitrogen and oxygen atoms in total. The number of esters is 1. The predicted octanol–water partition coefficient (Wildman–Crippen LogP) is 3.44. The van der Waals surface area contributed by atoms with Gasteiger partial charge in [0.15, 0.2) is 6.61 Å². The lowest BCUT2D eigenvalue weighted by molar-refractivity contribution is -0.265. The van der Waals surface area contributed by atoms with E-state index < -0.39 is 24.3 Å². The monoisotopic (exact) mass is 262 g/mol. The van der Waals surface area contributed by atoms with Crippen molar-refractivity contribution in [2.75, 3.05) is 6.61 Å². The van der Waals surface area contributed by atoms with Gasteiger partial charge in [0.2, 0.25) is 0 Å². The second-order valence-electron chi connectivity index (χ2n) is 4.84. The predicted molar refractivity (Wildman–Crippen MR) is 63.3 cm³/mol. The van der Waals surface area contributed by atoms with Gasteiger partial charge in [0.05, 0.1) is 5.60 Å². The van der Waals surface area contributed by atoms with Gasteiger partial charge in [-0.25, -0.2) is 4.79 Å². The van der Waals surface area contributed by atoms with Gasteiger partial charge < -0.3 is 9.47 Å². The number of rotatable bonds is 6. The molecule has 0 amide bonds. The number of carbonyl (C=O) groups excluding carboxylic acids is 1. The van der Waals surface area contributed by atoms with Gasteiger partial charge in [-0.2, -0.15) is 8.78 Å². The molecule has 0 bridgehead atoms. The highest BCUT2D eigenvalue weighted by atomic mass is 19.3. The van der Waals surface area contributed by atoms with Crippen LogP contribution in [0.2, 0.25) is 0 Å². The Morgan fingerprint density at radius 2 is 1.94 bits per heavy atom. The summed E-state index contributed by atoms with van der Waals surface area (Å²) < 4.78 is 36.2. The molecule has 0 aromatic carbocycles. The molecule has 0 heterocycles. The average Bonchev–Trinajstić information content (AvgIpc) is 2.75. The molecule has 1 aliphatic carbocycles. The van der Waals surface area contributed by atoms with Crippen LogP contribution in [0.4, 0.5) is 8.78 Å². The average molecular weight is 262 g/mol. The molecule has 1 rings (SSSR count). The van der Waals surface area contributed by atoms with Gasteiger partial charge >= 0.3 is 12.1 Å². The summed E-state index contributed by atoms with van der Waals surface area (Å²) in [5.74, 6) is -1.10. The summed E-state index contributed by atoms with van der Waals surface area (Å²) in [5.41, 5.74) is -0.528. The highest BCUT2D eigenvalue weighted by molar-refractivity contribution is 5.87. The largest absolute Gasteiger partial charge is 0.424 e. The molecule has 18 heavy (non-hydrogen) atoms. The Morgan fingerprint density at radius 3 is 2.39 bits per heavy atom. The third-order valence-corrected chi connectivity index (χ3v) is 3.30. The topological polar surface area (TPSA) is 35.5 Å². The van der Waals surface area contributed by atoms with Gasteiger partial charge in [0.25, 0.3) is 0 Å². The molecule has 1 fully saturated rings. The van der Waals surface area contributed by atoms with E-state index in [4.69, 9.17) is 4.74 Å². The van der Waals surface area contributed by atoms with E-state index in [1.165, 1.54) is 6.92 Å². The summed E-state index contributed by atoms with van der Waals surface area (Å²) in [6, 6.07) is 0. The molecule has 0 atom stereocenters. The van der Waals surface area contributed by atoms with E-state index in [2.05, 4.69) is 11.3 Å². The maximum Gasteiger partial charge on any atom is 0.424 e. The van der Waals surface area contributed by atoms with Crippen LogP contribution in [-0.2, 0) is 14.3 Å². The highest BCUT2D eigenvalue weighted by Crippen LogP contribution is 2.37. The minimum atomic E-state index is -3.60. The normalized spacial score (nSPS) is 18.7. The van der Waals surface area contributed by atoms with E-state index in [1.807, 2.05) is 6.92 Å². The number of halogens is 2. The lowest BCUT2D eigenvalue weighted by atomic mass is 9.99. The first kappa shape index (κ1) is 15.1. The molecule has 104 valence electrons. The summed E-state index contributed by atoms with van der Waals surface area (Å²) >= 11 is 0. The minimum absolute atomic E-state index is 0.0549. The number of carbonyl (C=O) groups is 1. The van der Waals surface area contributed by atoms with Gasteiger partial charge in [-0.1, -0.05) is 26.3 Å². The fourth-order valence-corrected chi connectivity index (χ4v) is 2.11. The first-order chi connectivity index (χ1) is 8.30. The van der Waals surface area contributed by atoms with Crippen molar-refractivity contribution in [2.45, 2.75) is 57.7 Å². The summed E-state index contributed by atoms with van der Waals surface area (Å²) in [6.07, 6.45) is 0.649. The Kier molecular flexibility index (Phi) is 4.85. The molecular weight excluding hydrogens is 242 g/mol. The molecule has 0 spiro atoms. The van der Waals surface area contributed by atoms with Crippen molar-refractivity contribution in [3.8, 4) is 0 Å². The van der Waals surface area contributed by atoms with Crippen LogP contribution in [0, 0.1) is 0 Å². The fraction of sp³-hybridized carbons (Fsp3) is 0.769. The van der Waals surface area contributed by atoms with Crippen LogP contribution >= 0.6 is 0 Å². The lowest BCUT2D eigenvalue weighted by Gasteiger charge is -2.29. The van der Waals surface area contributed by atoms with Crippen molar-refractivity contribution < 1.29 is 23.0 Å². The van der Waals surface area contributed by atoms with E-state index in [0.717, 1.165) is 25.7 Å². The number of hydrogen-bond donors (Lipinski definition) is 0. The SMILES string of the molecule is C=C(C)C(=O)OC(F)(F)COC1(CC)CCCC1. The molecule has 0 N–H and O–H groups in total. The van der Waals surface area contributed by atoms with Gasteiger partial charge in [-0.05, 0) is 26.2 Å². The summed E-state index contributed by atoms with van der Waals surface area (Å²) in [5, 5.41) is 0. The van der Waals surface area contributed by atoms with Crippen LogP contribution in [0.3, 0.4) is 0 Å². The highest BCUT2D eigenvalue weighted by Gasteiger charge is 2.40. The summed E-state index contributed by atoms with van der Waals surface area (Å²) in [7, 11) is 0. The fourth-order valence-electron chi connectivity index (χ4n) is 2.11. The van der Waals surface area contributed by atoms with Crippen molar-refractivity contribution in [1.29, 1.82) is 0 Å². The first-order valence-electron chi connectivity index (χ1n) is 6.21. The smallest absolute Gasteiger partial charge is 0.396 e. The molecule has 0 unspecified atom stereocenters. The molecule has 5 heteroatoms. The third kappa shape index (κ3) is 4.05.